The van der Waals surface area contributed by atoms with E-state index in [9.17, 15) is 12.8 Å². The molecule has 0 unspecified atom stereocenters. The second-order valence-corrected chi connectivity index (χ2v) is 6.84. The normalized spacial score (nSPS) is 20.1. The van der Waals surface area contributed by atoms with E-state index in [-0.39, 0.29) is 23.4 Å². The third-order valence-corrected chi connectivity index (χ3v) is 4.80. The Morgan fingerprint density at radius 2 is 1.94 bits per heavy atom. The SMILES string of the molecule is Cc1cc(NC2CCS(=O)(=O)CC2)ccc1F. The zero-order chi connectivity index (χ0) is 12.5. The van der Waals surface area contributed by atoms with Crippen LogP contribution in [0.15, 0.2) is 18.2 Å². The highest BCUT2D eigenvalue weighted by atomic mass is 32.2. The fourth-order valence-electron chi connectivity index (χ4n) is 2.00. The third-order valence-electron chi connectivity index (χ3n) is 3.08. The highest BCUT2D eigenvalue weighted by Gasteiger charge is 2.23. The topological polar surface area (TPSA) is 46.2 Å². The molecule has 0 aromatic heterocycles. The van der Waals surface area contributed by atoms with Gasteiger partial charge in [-0.05, 0) is 43.5 Å². The monoisotopic (exact) mass is 257 g/mol. The molecular weight excluding hydrogens is 241 g/mol. The quantitative estimate of drug-likeness (QED) is 0.882. The van der Waals surface area contributed by atoms with Crippen molar-refractivity contribution in [1.29, 1.82) is 0 Å². The maximum atomic E-state index is 13.1. The van der Waals surface area contributed by atoms with E-state index < -0.39 is 9.84 Å². The first-order chi connectivity index (χ1) is 7.96. The summed E-state index contributed by atoms with van der Waals surface area (Å²) in [4.78, 5) is 0. The minimum absolute atomic E-state index is 0.170. The summed E-state index contributed by atoms with van der Waals surface area (Å²) in [6, 6.07) is 5.03. The Morgan fingerprint density at radius 3 is 2.53 bits per heavy atom. The average molecular weight is 257 g/mol. The lowest BCUT2D eigenvalue weighted by Crippen LogP contribution is -2.32. The van der Waals surface area contributed by atoms with Crippen LogP contribution in [-0.4, -0.2) is 26.0 Å². The molecule has 1 aliphatic heterocycles. The molecule has 0 bridgehead atoms. The van der Waals surface area contributed by atoms with Crippen molar-refractivity contribution in [3.63, 3.8) is 0 Å². The molecule has 5 heteroatoms. The van der Waals surface area contributed by atoms with Gasteiger partial charge in [0.05, 0.1) is 11.5 Å². The molecule has 1 heterocycles. The number of halogens is 1. The molecule has 1 aromatic carbocycles. The molecule has 0 atom stereocenters. The summed E-state index contributed by atoms with van der Waals surface area (Å²) in [5.74, 6) is 0.261. The maximum Gasteiger partial charge on any atom is 0.150 e. The van der Waals surface area contributed by atoms with Gasteiger partial charge in [-0.2, -0.15) is 0 Å². The minimum atomic E-state index is -2.82. The van der Waals surface area contributed by atoms with Gasteiger partial charge in [0.1, 0.15) is 15.7 Å². The van der Waals surface area contributed by atoms with Crippen LogP contribution in [0.4, 0.5) is 10.1 Å². The van der Waals surface area contributed by atoms with Crippen LogP contribution in [0, 0.1) is 12.7 Å². The molecular formula is C12H16FNO2S. The third kappa shape index (κ3) is 3.19. The molecule has 0 saturated carbocycles. The number of rotatable bonds is 2. The maximum absolute atomic E-state index is 13.1. The van der Waals surface area contributed by atoms with Crippen molar-refractivity contribution in [2.24, 2.45) is 0 Å². The second kappa shape index (κ2) is 4.64. The number of sulfone groups is 1. The Morgan fingerprint density at radius 1 is 1.29 bits per heavy atom. The van der Waals surface area contributed by atoms with E-state index >= 15 is 0 Å². The Hall–Kier alpha value is -1.10. The molecule has 1 aromatic rings. The Balaban J connectivity index is 2.00. The van der Waals surface area contributed by atoms with Gasteiger partial charge in [-0.1, -0.05) is 0 Å². The van der Waals surface area contributed by atoms with Gasteiger partial charge in [-0.25, -0.2) is 12.8 Å². The van der Waals surface area contributed by atoms with Crippen molar-refractivity contribution in [1.82, 2.24) is 0 Å². The lowest BCUT2D eigenvalue weighted by molar-refractivity contribution is 0.559. The van der Waals surface area contributed by atoms with E-state index in [2.05, 4.69) is 5.32 Å². The standard InChI is InChI=1S/C12H16FNO2S/c1-9-8-11(2-3-12(9)13)14-10-4-6-17(15,16)7-5-10/h2-3,8,10,14H,4-7H2,1H3. The average Bonchev–Trinajstić information content (AvgIpc) is 2.27. The molecule has 0 spiro atoms. The smallest absolute Gasteiger partial charge is 0.150 e. The number of hydrogen-bond acceptors (Lipinski definition) is 3. The van der Waals surface area contributed by atoms with Gasteiger partial charge in [0.15, 0.2) is 0 Å². The number of nitrogens with one attached hydrogen (secondary N) is 1. The van der Waals surface area contributed by atoms with E-state index in [0.29, 0.717) is 18.4 Å². The van der Waals surface area contributed by atoms with Crippen LogP contribution in [0.3, 0.4) is 0 Å². The molecule has 1 N–H and O–H groups in total. The number of anilines is 1. The van der Waals surface area contributed by atoms with Crippen LogP contribution < -0.4 is 5.32 Å². The predicted octanol–water partition coefficient (Wildman–Crippen LogP) is 2.12. The van der Waals surface area contributed by atoms with Gasteiger partial charge in [-0.3, -0.25) is 0 Å². The van der Waals surface area contributed by atoms with Gasteiger partial charge in [0, 0.05) is 11.7 Å². The molecule has 0 aliphatic carbocycles. The summed E-state index contributed by atoms with van der Waals surface area (Å²) < 4.78 is 35.6. The summed E-state index contributed by atoms with van der Waals surface area (Å²) in [6.45, 7) is 1.71. The minimum Gasteiger partial charge on any atom is -0.382 e. The molecule has 17 heavy (non-hydrogen) atoms. The predicted molar refractivity (Wildman–Crippen MR) is 66.4 cm³/mol. The van der Waals surface area contributed by atoms with Crippen molar-refractivity contribution >= 4 is 15.5 Å². The lowest BCUT2D eigenvalue weighted by atomic mass is 10.1. The van der Waals surface area contributed by atoms with Crippen LogP contribution >= 0.6 is 0 Å². The van der Waals surface area contributed by atoms with Gasteiger partial charge < -0.3 is 5.32 Å². The molecule has 0 amide bonds. The van der Waals surface area contributed by atoms with Crippen LogP contribution in [0.5, 0.6) is 0 Å². The Kier molecular flexibility index (Phi) is 3.38. The van der Waals surface area contributed by atoms with Crippen LogP contribution in [0.25, 0.3) is 0 Å². The number of aryl methyl sites for hydroxylation is 1. The van der Waals surface area contributed by atoms with Gasteiger partial charge in [0.2, 0.25) is 0 Å². The van der Waals surface area contributed by atoms with Crippen LogP contribution in [0.2, 0.25) is 0 Å². The van der Waals surface area contributed by atoms with Crippen LogP contribution in [-0.2, 0) is 9.84 Å². The van der Waals surface area contributed by atoms with Crippen LogP contribution in [0.1, 0.15) is 18.4 Å². The summed E-state index contributed by atoms with van der Waals surface area (Å²) in [5.41, 5.74) is 1.45. The van der Waals surface area contributed by atoms with Gasteiger partial charge >= 0.3 is 0 Å². The van der Waals surface area contributed by atoms with Gasteiger partial charge in [-0.15, -0.1) is 0 Å². The first-order valence-electron chi connectivity index (χ1n) is 5.69. The van der Waals surface area contributed by atoms with Crippen molar-refractivity contribution in [2.75, 3.05) is 16.8 Å². The molecule has 0 radical (unpaired) electrons. The van der Waals surface area contributed by atoms with Crippen molar-refractivity contribution in [3.05, 3.63) is 29.6 Å². The first-order valence-corrected chi connectivity index (χ1v) is 7.51. The molecule has 2 rings (SSSR count). The summed E-state index contributed by atoms with van der Waals surface area (Å²) in [7, 11) is -2.82. The van der Waals surface area contributed by atoms with E-state index in [4.69, 9.17) is 0 Å². The highest BCUT2D eigenvalue weighted by Crippen LogP contribution is 2.19. The molecule has 1 saturated heterocycles. The Bertz CT molecular complexity index is 499. The summed E-state index contributed by atoms with van der Waals surface area (Å²) >= 11 is 0. The van der Waals surface area contributed by atoms with E-state index in [1.165, 1.54) is 6.07 Å². The molecule has 94 valence electrons. The molecule has 1 fully saturated rings. The zero-order valence-corrected chi connectivity index (χ0v) is 10.6. The van der Waals surface area contributed by atoms with E-state index in [1.54, 1.807) is 19.1 Å². The van der Waals surface area contributed by atoms with Crippen molar-refractivity contribution in [3.8, 4) is 0 Å². The fraction of sp³-hybridized carbons (Fsp3) is 0.500. The molecule has 1 aliphatic rings. The zero-order valence-electron chi connectivity index (χ0n) is 9.74. The summed E-state index contributed by atoms with van der Waals surface area (Å²) in [5, 5.41) is 3.26. The lowest BCUT2D eigenvalue weighted by Gasteiger charge is -2.24. The number of hydrogen-bond donors (Lipinski definition) is 1. The summed E-state index contributed by atoms with van der Waals surface area (Å²) in [6.07, 6.45) is 1.25. The Labute approximate surface area is 101 Å². The van der Waals surface area contributed by atoms with E-state index in [1.807, 2.05) is 0 Å². The number of benzene rings is 1. The molecule has 3 nitrogen and oxygen atoms in total. The highest BCUT2D eigenvalue weighted by molar-refractivity contribution is 7.91. The van der Waals surface area contributed by atoms with Crippen molar-refractivity contribution in [2.45, 2.75) is 25.8 Å². The van der Waals surface area contributed by atoms with Crippen molar-refractivity contribution < 1.29 is 12.8 Å². The van der Waals surface area contributed by atoms with E-state index in [0.717, 1.165) is 5.69 Å². The first kappa shape index (κ1) is 12.4. The fourth-order valence-corrected chi connectivity index (χ4v) is 3.50. The van der Waals surface area contributed by atoms with Gasteiger partial charge in [0.25, 0.3) is 0 Å². The second-order valence-electron chi connectivity index (χ2n) is 4.53. The largest absolute Gasteiger partial charge is 0.382 e.